The minimum Gasteiger partial charge on any atom is -0.480 e. The summed E-state index contributed by atoms with van der Waals surface area (Å²) in [5.74, 6) is 0.167. The quantitative estimate of drug-likeness (QED) is 0.846. The second-order valence-electron chi connectivity index (χ2n) is 5.08. The molecule has 1 heterocycles. The summed E-state index contributed by atoms with van der Waals surface area (Å²) >= 11 is 0. The lowest BCUT2D eigenvalue weighted by Crippen LogP contribution is -2.27. The van der Waals surface area contributed by atoms with Crippen molar-refractivity contribution < 1.29 is 9.53 Å². The number of fused-ring (bicyclic) bond motifs is 1. The Balaban J connectivity index is 1.81. The molecule has 1 aromatic heterocycles. The predicted molar refractivity (Wildman–Crippen MR) is 80.2 cm³/mol. The Morgan fingerprint density at radius 2 is 2.29 bits per heavy atom. The van der Waals surface area contributed by atoms with Gasteiger partial charge >= 0.3 is 0 Å². The molecule has 21 heavy (non-hydrogen) atoms. The monoisotopic (exact) mass is 283 g/mol. The van der Waals surface area contributed by atoms with E-state index < -0.39 is 0 Å². The maximum Gasteiger partial charge on any atom is 0.257 e. The number of nitrogen functional groups attached to an aromatic ring is 1. The number of methoxy groups -OCH3 is 1. The smallest absolute Gasteiger partial charge is 0.257 e. The van der Waals surface area contributed by atoms with Gasteiger partial charge in [-0.25, -0.2) is 4.98 Å². The normalized spacial score (nSPS) is 16.3. The zero-order valence-electron chi connectivity index (χ0n) is 11.8. The number of nitrogens with zero attached hydrogens (tertiary/aromatic N) is 1. The lowest BCUT2D eigenvalue weighted by Gasteiger charge is -2.15. The third kappa shape index (κ3) is 2.54. The molecule has 0 radical (unpaired) electrons. The third-order valence-corrected chi connectivity index (χ3v) is 3.76. The van der Waals surface area contributed by atoms with E-state index in [4.69, 9.17) is 10.5 Å². The number of aromatic nitrogens is 1. The van der Waals surface area contributed by atoms with Crippen LogP contribution < -0.4 is 15.8 Å². The number of nitrogens with two attached hydrogens (primary N) is 1. The number of benzene rings is 1. The van der Waals surface area contributed by atoms with E-state index in [2.05, 4.69) is 10.3 Å². The van der Waals surface area contributed by atoms with Crippen molar-refractivity contribution in [1.29, 1.82) is 0 Å². The van der Waals surface area contributed by atoms with Crippen LogP contribution in [0.2, 0.25) is 0 Å². The van der Waals surface area contributed by atoms with E-state index in [1.807, 2.05) is 18.2 Å². The molecular formula is C16H17N3O2. The number of carbonyl (C=O) groups is 1. The van der Waals surface area contributed by atoms with Gasteiger partial charge in [0.25, 0.3) is 5.91 Å². The van der Waals surface area contributed by atoms with Gasteiger partial charge in [0.2, 0.25) is 5.88 Å². The highest BCUT2D eigenvalue weighted by Crippen LogP contribution is 2.32. The van der Waals surface area contributed by atoms with Crippen molar-refractivity contribution in [2.75, 3.05) is 12.8 Å². The summed E-state index contributed by atoms with van der Waals surface area (Å²) in [6, 6.07) is 9.28. The summed E-state index contributed by atoms with van der Waals surface area (Å²) in [5.41, 5.74) is 9.35. The van der Waals surface area contributed by atoms with Crippen LogP contribution in [0.3, 0.4) is 0 Å². The number of ether oxygens (including phenoxy) is 1. The molecule has 0 saturated carbocycles. The average Bonchev–Trinajstić information content (AvgIpc) is 2.89. The fraction of sp³-hybridized carbons (Fsp3) is 0.250. The molecule has 0 aliphatic heterocycles. The summed E-state index contributed by atoms with van der Waals surface area (Å²) in [6.45, 7) is 0. The van der Waals surface area contributed by atoms with E-state index in [-0.39, 0.29) is 11.9 Å². The Bertz CT molecular complexity index is 685. The summed E-state index contributed by atoms with van der Waals surface area (Å²) in [6.07, 6.45) is 3.41. The average molecular weight is 283 g/mol. The van der Waals surface area contributed by atoms with Crippen LogP contribution in [0, 0.1) is 0 Å². The van der Waals surface area contributed by atoms with E-state index in [1.165, 1.54) is 12.7 Å². The van der Waals surface area contributed by atoms with E-state index in [0.29, 0.717) is 11.4 Å². The summed E-state index contributed by atoms with van der Waals surface area (Å²) < 4.78 is 5.13. The lowest BCUT2D eigenvalue weighted by molar-refractivity contribution is 0.0933. The summed E-state index contributed by atoms with van der Waals surface area (Å²) in [4.78, 5) is 16.5. The predicted octanol–water partition coefficient (Wildman–Crippen LogP) is 2.09. The molecule has 5 heteroatoms. The van der Waals surface area contributed by atoms with Crippen LogP contribution in [0.1, 0.15) is 33.9 Å². The Kier molecular flexibility index (Phi) is 3.48. The van der Waals surface area contributed by atoms with Crippen molar-refractivity contribution in [3.8, 4) is 5.88 Å². The first kappa shape index (κ1) is 13.4. The topological polar surface area (TPSA) is 77.2 Å². The maximum atomic E-state index is 12.4. The number of rotatable bonds is 3. The van der Waals surface area contributed by atoms with Crippen LogP contribution in [0.5, 0.6) is 5.88 Å². The van der Waals surface area contributed by atoms with Gasteiger partial charge in [-0.05, 0) is 48.2 Å². The van der Waals surface area contributed by atoms with E-state index in [0.717, 1.165) is 24.1 Å². The highest BCUT2D eigenvalue weighted by Gasteiger charge is 2.25. The zero-order chi connectivity index (χ0) is 14.8. The molecule has 3 N–H and O–H groups in total. The van der Waals surface area contributed by atoms with Gasteiger partial charge in [-0.15, -0.1) is 0 Å². The maximum absolute atomic E-state index is 12.4. The van der Waals surface area contributed by atoms with Gasteiger partial charge in [0.15, 0.2) is 0 Å². The molecule has 0 fully saturated rings. The molecular weight excluding hydrogens is 266 g/mol. The molecule has 108 valence electrons. The molecule has 1 aromatic carbocycles. The van der Waals surface area contributed by atoms with Crippen molar-refractivity contribution in [2.24, 2.45) is 0 Å². The number of anilines is 1. The number of aryl methyl sites for hydroxylation is 1. The standard InChI is InChI=1S/C16H17N3O2/c1-21-16-13(3-2-8-18-16)15(20)19-14-7-4-10-9-11(17)5-6-12(10)14/h2-3,5-6,8-9,14H,4,7,17H2,1H3,(H,19,20). The Labute approximate surface area is 123 Å². The van der Waals surface area contributed by atoms with Crippen LogP contribution >= 0.6 is 0 Å². The van der Waals surface area contributed by atoms with Gasteiger partial charge in [0.05, 0.1) is 13.2 Å². The largest absolute Gasteiger partial charge is 0.480 e. The molecule has 2 aromatic rings. The van der Waals surface area contributed by atoms with Crippen molar-refractivity contribution in [3.63, 3.8) is 0 Å². The number of nitrogens with one attached hydrogen (secondary N) is 1. The van der Waals surface area contributed by atoms with Crippen molar-refractivity contribution in [2.45, 2.75) is 18.9 Å². The van der Waals surface area contributed by atoms with Crippen molar-refractivity contribution in [3.05, 3.63) is 53.2 Å². The fourth-order valence-corrected chi connectivity index (χ4v) is 2.75. The SMILES string of the molecule is COc1ncccc1C(=O)NC1CCc2cc(N)ccc21. The molecule has 1 aliphatic carbocycles. The highest BCUT2D eigenvalue weighted by atomic mass is 16.5. The zero-order valence-corrected chi connectivity index (χ0v) is 11.8. The summed E-state index contributed by atoms with van der Waals surface area (Å²) in [5, 5.41) is 3.05. The van der Waals surface area contributed by atoms with E-state index in [9.17, 15) is 4.79 Å². The fourth-order valence-electron chi connectivity index (χ4n) is 2.75. The second kappa shape index (κ2) is 5.44. The number of pyridine rings is 1. The lowest BCUT2D eigenvalue weighted by atomic mass is 10.1. The molecule has 1 amide bonds. The number of carbonyl (C=O) groups excluding carboxylic acids is 1. The minimum absolute atomic E-state index is 0.0120. The molecule has 0 spiro atoms. The van der Waals surface area contributed by atoms with Crippen LogP contribution in [0.15, 0.2) is 36.5 Å². The van der Waals surface area contributed by atoms with Gasteiger partial charge in [0, 0.05) is 11.9 Å². The Morgan fingerprint density at radius 1 is 1.43 bits per heavy atom. The number of amides is 1. The van der Waals surface area contributed by atoms with E-state index in [1.54, 1.807) is 18.3 Å². The molecule has 1 unspecified atom stereocenters. The van der Waals surface area contributed by atoms with Gasteiger partial charge in [0.1, 0.15) is 5.56 Å². The van der Waals surface area contributed by atoms with Crippen LogP contribution in [0.25, 0.3) is 0 Å². The van der Waals surface area contributed by atoms with E-state index >= 15 is 0 Å². The van der Waals surface area contributed by atoms with Crippen LogP contribution in [0.4, 0.5) is 5.69 Å². The van der Waals surface area contributed by atoms with Gasteiger partial charge in [-0.1, -0.05) is 6.07 Å². The first-order valence-corrected chi connectivity index (χ1v) is 6.87. The first-order valence-electron chi connectivity index (χ1n) is 6.87. The molecule has 3 rings (SSSR count). The van der Waals surface area contributed by atoms with Crippen molar-refractivity contribution >= 4 is 11.6 Å². The Morgan fingerprint density at radius 3 is 3.10 bits per heavy atom. The van der Waals surface area contributed by atoms with Gasteiger partial charge in [-0.2, -0.15) is 0 Å². The first-order chi connectivity index (χ1) is 10.2. The van der Waals surface area contributed by atoms with Gasteiger partial charge < -0.3 is 15.8 Å². The second-order valence-corrected chi connectivity index (χ2v) is 5.08. The van der Waals surface area contributed by atoms with Crippen LogP contribution in [-0.2, 0) is 6.42 Å². The summed E-state index contributed by atoms with van der Waals surface area (Å²) in [7, 11) is 1.51. The molecule has 1 aliphatic rings. The number of hydrogen-bond donors (Lipinski definition) is 2. The van der Waals surface area contributed by atoms with Crippen molar-refractivity contribution in [1.82, 2.24) is 10.3 Å². The highest BCUT2D eigenvalue weighted by molar-refractivity contribution is 5.96. The third-order valence-electron chi connectivity index (χ3n) is 3.76. The molecule has 0 bridgehead atoms. The number of hydrogen-bond acceptors (Lipinski definition) is 4. The molecule has 1 atom stereocenters. The van der Waals surface area contributed by atoms with Gasteiger partial charge in [-0.3, -0.25) is 4.79 Å². The molecule has 0 saturated heterocycles. The molecule has 5 nitrogen and oxygen atoms in total. The minimum atomic E-state index is -0.172. The van der Waals surface area contributed by atoms with Crippen LogP contribution in [-0.4, -0.2) is 18.0 Å². The Hall–Kier alpha value is -2.56.